The molecule has 3 aromatic rings. The van der Waals surface area contributed by atoms with Crippen LogP contribution in [0.15, 0.2) is 58.4 Å². The van der Waals surface area contributed by atoms with Gasteiger partial charge in [0.2, 0.25) is 0 Å². The van der Waals surface area contributed by atoms with Crippen LogP contribution in [-0.4, -0.2) is 60.7 Å². The maximum atomic E-state index is 12.6. The summed E-state index contributed by atoms with van der Waals surface area (Å²) >= 11 is 0. The molecule has 0 N–H and O–H groups in total. The minimum atomic E-state index is -3.52. The molecule has 0 unspecified atom stereocenters. The van der Waals surface area contributed by atoms with Gasteiger partial charge in [-0.3, -0.25) is 4.99 Å². The Morgan fingerprint density at radius 3 is 2.50 bits per heavy atom. The van der Waals surface area contributed by atoms with E-state index < -0.39 is 9.84 Å². The van der Waals surface area contributed by atoms with Crippen LogP contribution >= 0.6 is 0 Å². The number of benzene rings is 2. The van der Waals surface area contributed by atoms with Crippen molar-refractivity contribution in [3.05, 3.63) is 54.1 Å². The average molecular weight is 371 g/mol. The molecule has 0 amide bonds. The van der Waals surface area contributed by atoms with E-state index in [4.69, 9.17) is 0 Å². The van der Waals surface area contributed by atoms with Gasteiger partial charge in [-0.15, -0.1) is 5.10 Å². The zero-order chi connectivity index (χ0) is 18.7. The van der Waals surface area contributed by atoms with E-state index in [1.54, 1.807) is 28.9 Å². The van der Waals surface area contributed by atoms with Gasteiger partial charge in [-0.2, -0.15) is 4.68 Å². The lowest BCUT2D eigenvalue weighted by molar-refractivity contribution is 0.463. The SMILES string of the molecule is Cc1ccc(S(=O)(=O)CN=C(CN(C)C)n2nnc3ccccc32)cc1. The van der Waals surface area contributed by atoms with Crippen molar-refractivity contribution < 1.29 is 8.42 Å². The van der Waals surface area contributed by atoms with Crippen molar-refractivity contribution in [1.29, 1.82) is 0 Å². The quantitative estimate of drug-likeness (QED) is 0.506. The number of aromatic nitrogens is 3. The molecule has 26 heavy (non-hydrogen) atoms. The van der Waals surface area contributed by atoms with Gasteiger partial charge >= 0.3 is 0 Å². The minimum Gasteiger partial charge on any atom is -0.302 e. The highest BCUT2D eigenvalue weighted by Crippen LogP contribution is 2.14. The minimum absolute atomic E-state index is 0.263. The third-order valence-electron chi connectivity index (χ3n) is 3.85. The second-order valence-corrected chi connectivity index (χ2v) is 8.32. The predicted molar refractivity (Wildman–Crippen MR) is 102 cm³/mol. The summed E-state index contributed by atoms with van der Waals surface area (Å²) in [5.41, 5.74) is 2.54. The molecule has 0 saturated heterocycles. The van der Waals surface area contributed by atoms with Crippen molar-refractivity contribution >= 4 is 26.7 Å². The number of likely N-dealkylation sites (N-methyl/N-ethyl adjacent to an activating group) is 1. The Labute approximate surface area is 152 Å². The van der Waals surface area contributed by atoms with E-state index in [-0.39, 0.29) is 10.8 Å². The summed E-state index contributed by atoms with van der Waals surface area (Å²) in [5.74, 6) is 0.187. The van der Waals surface area contributed by atoms with Gasteiger partial charge in [0.1, 0.15) is 17.2 Å². The summed E-state index contributed by atoms with van der Waals surface area (Å²) in [5, 5.41) is 8.27. The molecule has 0 radical (unpaired) electrons. The maximum Gasteiger partial charge on any atom is 0.198 e. The van der Waals surface area contributed by atoms with Gasteiger partial charge in [0.25, 0.3) is 0 Å². The van der Waals surface area contributed by atoms with E-state index in [1.807, 2.05) is 50.2 Å². The van der Waals surface area contributed by atoms with Crippen LogP contribution in [0.3, 0.4) is 0 Å². The maximum absolute atomic E-state index is 12.6. The lowest BCUT2D eigenvalue weighted by atomic mass is 10.2. The highest BCUT2D eigenvalue weighted by molar-refractivity contribution is 7.91. The fourth-order valence-electron chi connectivity index (χ4n) is 2.51. The Morgan fingerprint density at radius 2 is 1.81 bits per heavy atom. The Hall–Kier alpha value is -2.58. The van der Waals surface area contributed by atoms with Gasteiger partial charge in [-0.05, 0) is 45.3 Å². The molecule has 0 aliphatic heterocycles. The Bertz CT molecular complexity index is 1040. The topological polar surface area (TPSA) is 80.5 Å². The summed E-state index contributed by atoms with van der Waals surface area (Å²) in [7, 11) is 0.264. The van der Waals surface area contributed by atoms with E-state index in [0.29, 0.717) is 12.4 Å². The molecule has 8 heteroatoms. The Kier molecular flexibility index (Phi) is 5.15. The van der Waals surface area contributed by atoms with E-state index in [0.717, 1.165) is 16.6 Å². The highest BCUT2D eigenvalue weighted by Gasteiger charge is 2.16. The number of rotatable bonds is 5. The number of hydrogen-bond acceptors (Lipinski definition) is 6. The fourth-order valence-corrected chi connectivity index (χ4v) is 3.52. The number of aliphatic imine (C=N–C) groups is 1. The van der Waals surface area contributed by atoms with Crippen molar-refractivity contribution in [3.8, 4) is 0 Å². The van der Waals surface area contributed by atoms with E-state index in [2.05, 4.69) is 15.3 Å². The molecule has 7 nitrogen and oxygen atoms in total. The molecule has 0 aliphatic rings. The number of para-hydroxylation sites is 1. The molecule has 3 rings (SSSR count). The lowest BCUT2D eigenvalue weighted by Gasteiger charge is -2.13. The van der Waals surface area contributed by atoms with Gasteiger partial charge in [-0.25, -0.2) is 8.42 Å². The number of hydrogen-bond donors (Lipinski definition) is 0. The molecule has 0 spiro atoms. The van der Waals surface area contributed by atoms with Crippen LogP contribution in [0.25, 0.3) is 11.0 Å². The van der Waals surface area contributed by atoms with Crippen molar-refractivity contribution in [2.45, 2.75) is 11.8 Å². The molecule has 0 saturated carbocycles. The zero-order valence-corrected chi connectivity index (χ0v) is 15.8. The molecule has 2 aromatic carbocycles. The molecule has 0 bridgehead atoms. The number of sulfone groups is 1. The van der Waals surface area contributed by atoms with E-state index >= 15 is 0 Å². The van der Waals surface area contributed by atoms with Crippen molar-refractivity contribution in [2.75, 3.05) is 26.5 Å². The first kappa shape index (κ1) is 18.2. The fraction of sp³-hybridized carbons (Fsp3) is 0.278. The highest BCUT2D eigenvalue weighted by atomic mass is 32.2. The predicted octanol–water partition coefficient (Wildman–Crippen LogP) is 1.98. The second kappa shape index (κ2) is 7.35. The third kappa shape index (κ3) is 3.97. The van der Waals surface area contributed by atoms with Crippen molar-refractivity contribution in [3.63, 3.8) is 0 Å². The van der Waals surface area contributed by atoms with Crippen molar-refractivity contribution in [2.24, 2.45) is 4.99 Å². The van der Waals surface area contributed by atoms with Gasteiger partial charge in [0.15, 0.2) is 9.84 Å². The third-order valence-corrected chi connectivity index (χ3v) is 5.31. The summed E-state index contributed by atoms with van der Waals surface area (Å²) in [6, 6.07) is 14.3. The van der Waals surface area contributed by atoms with Crippen LogP contribution in [-0.2, 0) is 9.84 Å². The van der Waals surface area contributed by atoms with Gasteiger partial charge in [-0.1, -0.05) is 35.0 Å². The summed E-state index contributed by atoms with van der Waals surface area (Å²) in [4.78, 5) is 6.55. The Morgan fingerprint density at radius 1 is 1.12 bits per heavy atom. The van der Waals surface area contributed by atoms with Crippen LogP contribution in [0.4, 0.5) is 0 Å². The number of aryl methyl sites for hydroxylation is 1. The smallest absolute Gasteiger partial charge is 0.198 e. The molecular weight excluding hydrogens is 350 g/mol. The first-order valence-electron chi connectivity index (χ1n) is 8.15. The zero-order valence-electron chi connectivity index (χ0n) is 15.0. The molecule has 0 atom stereocenters. The molecule has 0 fully saturated rings. The van der Waals surface area contributed by atoms with Gasteiger partial charge in [0, 0.05) is 0 Å². The second-order valence-electron chi connectivity index (χ2n) is 6.36. The summed E-state index contributed by atoms with van der Waals surface area (Å²) < 4.78 is 26.8. The number of fused-ring (bicyclic) bond motifs is 1. The van der Waals surface area contributed by atoms with Crippen LogP contribution in [0.2, 0.25) is 0 Å². The molecule has 1 aromatic heterocycles. The largest absolute Gasteiger partial charge is 0.302 e. The van der Waals surface area contributed by atoms with Crippen LogP contribution in [0, 0.1) is 6.92 Å². The van der Waals surface area contributed by atoms with Crippen LogP contribution in [0.5, 0.6) is 0 Å². The van der Waals surface area contributed by atoms with Gasteiger partial charge in [0.05, 0.1) is 17.0 Å². The summed E-state index contributed by atoms with van der Waals surface area (Å²) in [6.45, 7) is 2.36. The molecule has 0 aliphatic carbocycles. The van der Waals surface area contributed by atoms with Crippen LogP contribution < -0.4 is 0 Å². The lowest BCUT2D eigenvalue weighted by Crippen LogP contribution is -2.29. The molecular formula is C18H21N5O2S. The monoisotopic (exact) mass is 371 g/mol. The normalized spacial score (nSPS) is 12.8. The van der Waals surface area contributed by atoms with Crippen LogP contribution in [0.1, 0.15) is 5.56 Å². The summed E-state index contributed by atoms with van der Waals surface area (Å²) in [6.07, 6.45) is 0. The average Bonchev–Trinajstić information content (AvgIpc) is 3.03. The van der Waals surface area contributed by atoms with Crippen molar-refractivity contribution in [1.82, 2.24) is 19.9 Å². The Balaban J connectivity index is 1.96. The first-order valence-corrected chi connectivity index (χ1v) is 9.80. The standard InChI is InChI=1S/C18H21N5O2S/c1-14-8-10-15(11-9-14)26(24,25)13-19-18(12-22(2)3)23-17-7-5-4-6-16(17)20-21-23/h4-11H,12-13H2,1-3H3. The van der Waals surface area contributed by atoms with Gasteiger partial charge < -0.3 is 4.90 Å². The van der Waals surface area contributed by atoms with E-state index in [1.165, 1.54) is 0 Å². The first-order chi connectivity index (χ1) is 12.4. The molecule has 1 heterocycles. The van der Waals surface area contributed by atoms with E-state index in [9.17, 15) is 8.42 Å². The molecule has 136 valence electrons. The number of nitrogens with zero attached hydrogens (tertiary/aromatic N) is 5.